The topological polar surface area (TPSA) is 77.9 Å². The van der Waals surface area contributed by atoms with Gasteiger partial charge in [-0.25, -0.2) is 0 Å². The van der Waals surface area contributed by atoms with E-state index in [0.717, 1.165) is 12.8 Å². The zero-order valence-corrected chi connectivity index (χ0v) is 11.2. The van der Waals surface area contributed by atoms with Crippen LogP contribution in [-0.2, 0) is 14.4 Å². The van der Waals surface area contributed by atoms with Crippen LogP contribution in [-0.4, -0.2) is 58.4 Å². The number of aliphatic carboxylic acids is 1. The van der Waals surface area contributed by atoms with Gasteiger partial charge in [-0.15, -0.1) is 0 Å². The van der Waals surface area contributed by atoms with Crippen molar-refractivity contribution in [2.45, 2.75) is 38.6 Å². The Kier molecular flexibility index (Phi) is 4.07. The molecule has 2 fully saturated rings. The second kappa shape index (κ2) is 5.59. The van der Waals surface area contributed by atoms with Crippen LogP contribution in [0.2, 0.25) is 0 Å². The molecule has 0 aromatic heterocycles. The number of hydrogen-bond donors (Lipinski definition) is 1. The van der Waals surface area contributed by atoms with Gasteiger partial charge in [0.1, 0.15) is 0 Å². The van der Waals surface area contributed by atoms with E-state index in [1.54, 1.807) is 4.90 Å². The lowest BCUT2D eigenvalue weighted by Gasteiger charge is -2.36. The molecule has 0 aromatic carbocycles. The van der Waals surface area contributed by atoms with E-state index in [4.69, 9.17) is 5.11 Å². The van der Waals surface area contributed by atoms with Gasteiger partial charge in [0, 0.05) is 38.5 Å². The predicted molar refractivity (Wildman–Crippen MR) is 67.3 cm³/mol. The summed E-state index contributed by atoms with van der Waals surface area (Å²) in [5, 5.41) is 8.96. The first-order valence-corrected chi connectivity index (χ1v) is 6.83. The minimum atomic E-state index is -0.894. The maximum Gasteiger partial charge on any atom is 0.308 e. The van der Waals surface area contributed by atoms with Crippen LogP contribution in [0.25, 0.3) is 0 Å². The van der Waals surface area contributed by atoms with E-state index in [9.17, 15) is 14.4 Å². The van der Waals surface area contributed by atoms with Crippen LogP contribution in [0.15, 0.2) is 0 Å². The number of rotatable bonds is 3. The first-order chi connectivity index (χ1) is 9.02. The van der Waals surface area contributed by atoms with Crippen molar-refractivity contribution in [1.29, 1.82) is 0 Å². The maximum atomic E-state index is 11.8. The van der Waals surface area contributed by atoms with Gasteiger partial charge < -0.3 is 14.9 Å². The standard InChI is InChI=1S/C13H20N2O4/c1-2-11(16)14-5-3-10(4-6-14)15-8-9(13(18)19)7-12(15)17/h9-10H,2-8H2,1H3,(H,18,19). The van der Waals surface area contributed by atoms with Crippen LogP contribution >= 0.6 is 0 Å². The lowest BCUT2D eigenvalue weighted by molar-refractivity contribution is -0.141. The summed E-state index contributed by atoms with van der Waals surface area (Å²) >= 11 is 0. The molecule has 0 spiro atoms. The summed E-state index contributed by atoms with van der Waals surface area (Å²) in [6.45, 7) is 3.49. The van der Waals surface area contributed by atoms with E-state index in [1.165, 1.54) is 0 Å². The van der Waals surface area contributed by atoms with Crippen molar-refractivity contribution in [3.8, 4) is 0 Å². The lowest BCUT2D eigenvalue weighted by Crippen LogP contribution is -2.47. The summed E-state index contributed by atoms with van der Waals surface area (Å²) in [6, 6.07) is 0.0951. The van der Waals surface area contributed by atoms with Gasteiger partial charge in [-0.2, -0.15) is 0 Å². The number of amides is 2. The molecular weight excluding hydrogens is 248 g/mol. The molecular formula is C13H20N2O4. The van der Waals surface area contributed by atoms with Gasteiger partial charge in [0.05, 0.1) is 5.92 Å². The molecule has 0 radical (unpaired) electrons. The molecule has 1 N–H and O–H groups in total. The van der Waals surface area contributed by atoms with Crippen molar-refractivity contribution in [3.63, 3.8) is 0 Å². The number of carbonyl (C=O) groups is 3. The average Bonchev–Trinajstić information content (AvgIpc) is 2.80. The Morgan fingerprint density at radius 2 is 1.95 bits per heavy atom. The molecule has 0 saturated carbocycles. The molecule has 6 nitrogen and oxygen atoms in total. The normalized spacial score (nSPS) is 24.9. The lowest BCUT2D eigenvalue weighted by atomic mass is 10.0. The van der Waals surface area contributed by atoms with Crippen LogP contribution in [0.4, 0.5) is 0 Å². The molecule has 1 atom stereocenters. The molecule has 0 bridgehead atoms. The fourth-order valence-corrected chi connectivity index (χ4v) is 2.90. The smallest absolute Gasteiger partial charge is 0.308 e. The molecule has 0 aromatic rings. The van der Waals surface area contributed by atoms with Crippen molar-refractivity contribution in [3.05, 3.63) is 0 Å². The summed E-state index contributed by atoms with van der Waals surface area (Å²) in [5.74, 6) is -1.38. The van der Waals surface area contributed by atoms with Crippen molar-refractivity contribution in [2.24, 2.45) is 5.92 Å². The molecule has 19 heavy (non-hydrogen) atoms. The third-order valence-electron chi connectivity index (χ3n) is 4.07. The molecule has 2 aliphatic heterocycles. The molecule has 1 unspecified atom stereocenters. The van der Waals surface area contributed by atoms with Gasteiger partial charge in [-0.3, -0.25) is 14.4 Å². The van der Waals surface area contributed by atoms with E-state index in [0.29, 0.717) is 26.1 Å². The number of carbonyl (C=O) groups excluding carboxylic acids is 2. The fraction of sp³-hybridized carbons (Fsp3) is 0.769. The minimum Gasteiger partial charge on any atom is -0.481 e. The van der Waals surface area contributed by atoms with Crippen LogP contribution in [0.1, 0.15) is 32.6 Å². The molecule has 2 amide bonds. The third-order valence-corrected chi connectivity index (χ3v) is 4.07. The number of nitrogens with zero attached hydrogens (tertiary/aromatic N) is 2. The molecule has 2 rings (SSSR count). The molecule has 2 saturated heterocycles. The monoisotopic (exact) mass is 268 g/mol. The number of carboxylic acids is 1. The SMILES string of the molecule is CCC(=O)N1CCC(N2CC(C(=O)O)CC2=O)CC1. The molecule has 2 heterocycles. The van der Waals surface area contributed by atoms with E-state index in [2.05, 4.69) is 0 Å². The van der Waals surface area contributed by atoms with E-state index < -0.39 is 11.9 Å². The van der Waals surface area contributed by atoms with E-state index in [1.807, 2.05) is 11.8 Å². The van der Waals surface area contributed by atoms with Gasteiger partial charge in [-0.1, -0.05) is 6.92 Å². The Morgan fingerprint density at radius 3 is 2.42 bits per heavy atom. The van der Waals surface area contributed by atoms with Gasteiger partial charge >= 0.3 is 5.97 Å². The van der Waals surface area contributed by atoms with Crippen LogP contribution in [0, 0.1) is 5.92 Å². The van der Waals surface area contributed by atoms with Crippen LogP contribution < -0.4 is 0 Å². The maximum absolute atomic E-state index is 11.8. The van der Waals surface area contributed by atoms with E-state index in [-0.39, 0.29) is 24.3 Å². The summed E-state index contributed by atoms with van der Waals surface area (Å²) in [6.07, 6.45) is 2.13. The number of hydrogen-bond acceptors (Lipinski definition) is 3. The fourth-order valence-electron chi connectivity index (χ4n) is 2.90. The molecule has 106 valence electrons. The Hall–Kier alpha value is -1.59. The van der Waals surface area contributed by atoms with Crippen molar-refractivity contribution >= 4 is 17.8 Å². The van der Waals surface area contributed by atoms with Gasteiger partial charge in [-0.05, 0) is 12.8 Å². The first-order valence-electron chi connectivity index (χ1n) is 6.83. The second-order valence-corrected chi connectivity index (χ2v) is 5.25. The number of piperidine rings is 1. The van der Waals surface area contributed by atoms with Crippen molar-refractivity contribution < 1.29 is 19.5 Å². The summed E-state index contributed by atoms with van der Waals surface area (Å²) in [7, 11) is 0. The average molecular weight is 268 g/mol. The van der Waals surface area contributed by atoms with Gasteiger partial charge in [0.15, 0.2) is 0 Å². The summed E-state index contributed by atoms with van der Waals surface area (Å²) < 4.78 is 0. The predicted octanol–water partition coefficient (Wildman–Crippen LogP) is 0.320. The van der Waals surface area contributed by atoms with E-state index >= 15 is 0 Å². The number of likely N-dealkylation sites (tertiary alicyclic amines) is 2. The third kappa shape index (κ3) is 2.88. The van der Waals surface area contributed by atoms with Crippen molar-refractivity contribution in [2.75, 3.05) is 19.6 Å². The Morgan fingerprint density at radius 1 is 1.32 bits per heavy atom. The van der Waals surface area contributed by atoms with Crippen molar-refractivity contribution in [1.82, 2.24) is 9.80 Å². The molecule has 6 heteroatoms. The van der Waals surface area contributed by atoms with Gasteiger partial charge in [0.25, 0.3) is 0 Å². The highest BCUT2D eigenvalue weighted by Gasteiger charge is 2.39. The summed E-state index contributed by atoms with van der Waals surface area (Å²) in [4.78, 5) is 37.9. The highest BCUT2D eigenvalue weighted by atomic mass is 16.4. The Bertz CT molecular complexity index is 388. The molecule has 2 aliphatic rings. The first kappa shape index (κ1) is 13.8. The second-order valence-electron chi connectivity index (χ2n) is 5.25. The number of carboxylic acid groups (broad SMARTS) is 1. The quantitative estimate of drug-likeness (QED) is 0.799. The van der Waals surface area contributed by atoms with Gasteiger partial charge in [0.2, 0.25) is 11.8 Å². The largest absolute Gasteiger partial charge is 0.481 e. The zero-order valence-electron chi connectivity index (χ0n) is 11.2. The van der Waals surface area contributed by atoms with Crippen LogP contribution in [0.3, 0.4) is 0 Å². The Balaban J connectivity index is 1.90. The summed E-state index contributed by atoms with van der Waals surface area (Å²) in [5.41, 5.74) is 0. The van der Waals surface area contributed by atoms with Crippen LogP contribution in [0.5, 0.6) is 0 Å². The Labute approximate surface area is 112 Å². The highest BCUT2D eigenvalue weighted by molar-refractivity contribution is 5.86. The highest BCUT2D eigenvalue weighted by Crippen LogP contribution is 2.25. The minimum absolute atomic E-state index is 0.0623. The zero-order chi connectivity index (χ0) is 14.0. The molecule has 0 aliphatic carbocycles.